The van der Waals surface area contributed by atoms with E-state index >= 15 is 0 Å². The first-order valence-electron chi connectivity index (χ1n) is 6.02. The fourth-order valence-electron chi connectivity index (χ4n) is 2.44. The predicted octanol–water partition coefficient (Wildman–Crippen LogP) is 3.37. The van der Waals surface area contributed by atoms with Crippen LogP contribution < -0.4 is 0 Å². The molecule has 0 aliphatic carbocycles. The van der Waals surface area contributed by atoms with Gasteiger partial charge in [0.05, 0.1) is 0 Å². The highest BCUT2D eigenvalue weighted by Gasteiger charge is 2.30. The molecule has 1 heterocycles. The van der Waals surface area contributed by atoms with Gasteiger partial charge >= 0.3 is 0 Å². The van der Waals surface area contributed by atoms with Crippen molar-refractivity contribution in [2.75, 3.05) is 19.0 Å². The lowest BCUT2D eigenvalue weighted by Gasteiger charge is -2.28. The summed E-state index contributed by atoms with van der Waals surface area (Å²) < 4.78 is 0. The molecule has 2 heteroatoms. The van der Waals surface area contributed by atoms with Crippen LogP contribution in [-0.2, 0) is 0 Å². The van der Waals surface area contributed by atoms with Gasteiger partial charge in [0.15, 0.2) is 0 Å². The summed E-state index contributed by atoms with van der Waals surface area (Å²) >= 11 is 6.03. The molecule has 0 radical (unpaired) electrons. The zero-order valence-corrected chi connectivity index (χ0v) is 10.6. The molecule has 0 spiro atoms. The molecule has 84 valence electrons. The molecule has 0 aromatic rings. The Labute approximate surface area is 93.8 Å². The first-order chi connectivity index (χ1) is 6.72. The van der Waals surface area contributed by atoms with E-state index in [1.165, 1.54) is 32.4 Å². The van der Waals surface area contributed by atoms with E-state index in [-0.39, 0.29) is 0 Å². The van der Waals surface area contributed by atoms with Gasteiger partial charge in [-0.2, -0.15) is 0 Å². The lowest BCUT2D eigenvalue weighted by atomic mass is 10.0. The number of halogens is 1. The van der Waals surface area contributed by atoms with Crippen molar-refractivity contribution in [2.45, 2.75) is 46.1 Å². The summed E-state index contributed by atoms with van der Waals surface area (Å²) in [4.78, 5) is 2.61. The Hall–Kier alpha value is 0.250. The van der Waals surface area contributed by atoms with Crippen molar-refractivity contribution in [3.8, 4) is 0 Å². The third-order valence-electron chi connectivity index (χ3n) is 3.80. The van der Waals surface area contributed by atoms with Crippen LogP contribution in [0.5, 0.6) is 0 Å². The van der Waals surface area contributed by atoms with Gasteiger partial charge in [0.2, 0.25) is 0 Å². The molecule has 14 heavy (non-hydrogen) atoms. The van der Waals surface area contributed by atoms with Crippen molar-refractivity contribution in [3.05, 3.63) is 0 Å². The normalized spacial score (nSPS) is 28.9. The Morgan fingerprint density at radius 1 is 1.36 bits per heavy atom. The number of likely N-dealkylation sites (tertiary alicyclic amines) is 1. The zero-order chi connectivity index (χ0) is 10.6. The fraction of sp³-hybridized carbons (Fsp3) is 1.00. The van der Waals surface area contributed by atoms with Crippen LogP contribution in [0.2, 0.25) is 0 Å². The summed E-state index contributed by atoms with van der Waals surface area (Å²) in [6, 6.07) is 0.636. The Morgan fingerprint density at radius 2 is 2.00 bits per heavy atom. The lowest BCUT2D eigenvalue weighted by molar-refractivity contribution is 0.206. The maximum atomic E-state index is 6.03. The molecular formula is C12H24ClN. The van der Waals surface area contributed by atoms with Gasteiger partial charge in [0.1, 0.15) is 0 Å². The number of hydrogen-bond donors (Lipinski definition) is 0. The van der Waals surface area contributed by atoms with E-state index in [1.807, 2.05) is 0 Å². The molecule has 0 saturated carbocycles. The minimum Gasteiger partial charge on any atom is -0.299 e. The van der Waals surface area contributed by atoms with Gasteiger partial charge < -0.3 is 0 Å². The summed E-state index contributed by atoms with van der Waals surface area (Å²) in [5.74, 6) is 2.47. The average molecular weight is 218 g/mol. The molecule has 2 unspecified atom stereocenters. The Morgan fingerprint density at radius 3 is 2.50 bits per heavy atom. The van der Waals surface area contributed by atoms with Crippen LogP contribution in [0.25, 0.3) is 0 Å². The van der Waals surface area contributed by atoms with Crippen molar-refractivity contribution < 1.29 is 0 Å². The van der Waals surface area contributed by atoms with Crippen molar-refractivity contribution in [2.24, 2.45) is 11.8 Å². The molecule has 1 nitrogen and oxygen atoms in total. The minimum atomic E-state index is 0.636. The minimum absolute atomic E-state index is 0.636. The summed E-state index contributed by atoms with van der Waals surface area (Å²) in [5, 5.41) is 0. The van der Waals surface area contributed by atoms with E-state index in [9.17, 15) is 0 Å². The van der Waals surface area contributed by atoms with Gasteiger partial charge in [0.25, 0.3) is 0 Å². The number of hydrogen-bond acceptors (Lipinski definition) is 1. The zero-order valence-electron chi connectivity index (χ0n) is 9.80. The van der Waals surface area contributed by atoms with E-state index in [1.54, 1.807) is 0 Å². The SMILES string of the molecule is CCC(CC)CN1CCC(C)C1CCl. The van der Waals surface area contributed by atoms with E-state index in [0.29, 0.717) is 6.04 Å². The van der Waals surface area contributed by atoms with Gasteiger partial charge in [-0.25, -0.2) is 0 Å². The summed E-state index contributed by atoms with van der Waals surface area (Å²) in [7, 11) is 0. The number of rotatable bonds is 5. The van der Waals surface area contributed by atoms with Gasteiger partial charge in [-0.1, -0.05) is 33.6 Å². The van der Waals surface area contributed by atoms with Crippen molar-refractivity contribution in [3.63, 3.8) is 0 Å². The molecule has 0 N–H and O–H groups in total. The molecule has 1 aliphatic heterocycles. The molecule has 0 aromatic heterocycles. The van der Waals surface area contributed by atoms with Crippen molar-refractivity contribution in [1.29, 1.82) is 0 Å². The first kappa shape index (κ1) is 12.3. The fourth-order valence-corrected chi connectivity index (χ4v) is 2.94. The quantitative estimate of drug-likeness (QED) is 0.639. The smallest absolute Gasteiger partial charge is 0.0382 e. The van der Waals surface area contributed by atoms with E-state index < -0.39 is 0 Å². The highest BCUT2D eigenvalue weighted by atomic mass is 35.5. The highest BCUT2D eigenvalue weighted by molar-refractivity contribution is 6.18. The Bertz CT molecular complexity index is 156. The predicted molar refractivity (Wildman–Crippen MR) is 63.9 cm³/mol. The third-order valence-corrected chi connectivity index (χ3v) is 4.12. The largest absolute Gasteiger partial charge is 0.299 e. The van der Waals surface area contributed by atoms with Crippen LogP contribution in [0.3, 0.4) is 0 Å². The van der Waals surface area contributed by atoms with Gasteiger partial charge in [-0.3, -0.25) is 4.90 Å². The van der Waals surface area contributed by atoms with Gasteiger partial charge in [0, 0.05) is 18.5 Å². The maximum Gasteiger partial charge on any atom is 0.0382 e. The lowest BCUT2D eigenvalue weighted by Crippen LogP contribution is -2.37. The second kappa shape index (κ2) is 5.97. The summed E-state index contributed by atoms with van der Waals surface area (Å²) in [5.41, 5.74) is 0. The maximum absolute atomic E-state index is 6.03. The first-order valence-corrected chi connectivity index (χ1v) is 6.56. The molecule has 1 rings (SSSR count). The summed E-state index contributed by atoms with van der Waals surface area (Å²) in [6.45, 7) is 9.44. The Balaban J connectivity index is 2.43. The molecule has 0 bridgehead atoms. The number of nitrogens with zero attached hydrogens (tertiary/aromatic N) is 1. The topological polar surface area (TPSA) is 3.24 Å². The van der Waals surface area contributed by atoms with Crippen LogP contribution in [-0.4, -0.2) is 29.9 Å². The van der Waals surface area contributed by atoms with Crippen LogP contribution in [0.1, 0.15) is 40.0 Å². The van der Waals surface area contributed by atoms with Crippen molar-refractivity contribution in [1.82, 2.24) is 4.90 Å². The van der Waals surface area contributed by atoms with Crippen LogP contribution in [0.15, 0.2) is 0 Å². The number of alkyl halides is 1. The highest BCUT2D eigenvalue weighted by Crippen LogP contribution is 2.26. The van der Waals surface area contributed by atoms with Gasteiger partial charge in [-0.05, 0) is 24.8 Å². The van der Waals surface area contributed by atoms with E-state index in [0.717, 1.165) is 17.7 Å². The molecule has 1 fully saturated rings. The van der Waals surface area contributed by atoms with E-state index in [4.69, 9.17) is 11.6 Å². The average Bonchev–Trinajstić information content (AvgIpc) is 2.55. The van der Waals surface area contributed by atoms with Crippen LogP contribution >= 0.6 is 11.6 Å². The standard InChI is InChI=1S/C12H24ClN/c1-4-11(5-2)9-14-7-6-10(3)12(14)8-13/h10-12H,4-9H2,1-3H3. The Kier molecular flexibility index (Phi) is 5.25. The molecular weight excluding hydrogens is 194 g/mol. The molecule has 0 amide bonds. The monoisotopic (exact) mass is 217 g/mol. The van der Waals surface area contributed by atoms with Crippen LogP contribution in [0.4, 0.5) is 0 Å². The molecule has 1 aliphatic rings. The van der Waals surface area contributed by atoms with Gasteiger partial charge in [-0.15, -0.1) is 11.6 Å². The molecule has 0 aromatic carbocycles. The summed E-state index contributed by atoms with van der Waals surface area (Å²) in [6.07, 6.45) is 3.93. The molecule has 1 saturated heterocycles. The van der Waals surface area contributed by atoms with Crippen LogP contribution in [0, 0.1) is 11.8 Å². The molecule has 2 atom stereocenters. The van der Waals surface area contributed by atoms with Crippen molar-refractivity contribution >= 4 is 11.6 Å². The second-order valence-corrected chi connectivity index (χ2v) is 4.97. The second-order valence-electron chi connectivity index (χ2n) is 4.67. The van der Waals surface area contributed by atoms with E-state index in [2.05, 4.69) is 25.7 Å². The third kappa shape index (κ3) is 2.87.